The fourth-order valence-electron chi connectivity index (χ4n) is 1.62. The van der Waals surface area contributed by atoms with E-state index in [1.807, 2.05) is 6.92 Å². The second-order valence-corrected chi connectivity index (χ2v) is 4.70. The monoisotopic (exact) mass is 257 g/mol. The van der Waals surface area contributed by atoms with Crippen LogP contribution in [0.15, 0.2) is 0 Å². The summed E-state index contributed by atoms with van der Waals surface area (Å²) in [6.45, 7) is 3.52. The van der Waals surface area contributed by atoms with Crippen LogP contribution in [0.3, 0.4) is 0 Å². The van der Waals surface area contributed by atoms with Crippen LogP contribution in [0, 0.1) is 0 Å². The zero-order chi connectivity index (χ0) is 14.0. The van der Waals surface area contributed by atoms with E-state index >= 15 is 0 Å². The molecule has 0 saturated heterocycles. The van der Waals surface area contributed by atoms with Gasteiger partial charge in [-0.3, -0.25) is 9.59 Å². The standard InChI is InChI=1S/C13H27N3O2/c1-4-10-16(11-13(18)15(2)3)12(17)8-6-5-7-9-14/h4-11,14H2,1-3H3. The number of nitrogens with zero attached hydrogens (tertiary/aromatic N) is 2. The van der Waals surface area contributed by atoms with Gasteiger partial charge in [0.15, 0.2) is 0 Å². The van der Waals surface area contributed by atoms with Crippen LogP contribution in [0.25, 0.3) is 0 Å². The molecule has 2 amide bonds. The summed E-state index contributed by atoms with van der Waals surface area (Å²) in [7, 11) is 3.41. The van der Waals surface area contributed by atoms with Crippen molar-refractivity contribution in [2.45, 2.75) is 39.0 Å². The molecule has 0 aliphatic carbocycles. The zero-order valence-corrected chi connectivity index (χ0v) is 11.9. The predicted molar refractivity (Wildman–Crippen MR) is 73.1 cm³/mol. The summed E-state index contributed by atoms with van der Waals surface area (Å²) in [6.07, 6.45) is 4.17. The molecule has 0 spiro atoms. The van der Waals surface area contributed by atoms with Crippen LogP contribution >= 0.6 is 0 Å². The van der Waals surface area contributed by atoms with Crippen LogP contribution < -0.4 is 5.73 Å². The first-order valence-corrected chi connectivity index (χ1v) is 6.70. The fraction of sp³-hybridized carbons (Fsp3) is 0.846. The summed E-state index contributed by atoms with van der Waals surface area (Å²) >= 11 is 0. The molecule has 5 nitrogen and oxygen atoms in total. The lowest BCUT2D eigenvalue weighted by Crippen LogP contribution is -2.40. The smallest absolute Gasteiger partial charge is 0.241 e. The van der Waals surface area contributed by atoms with Gasteiger partial charge in [0.05, 0.1) is 6.54 Å². The first-order chi connectivity index (χ1) is 8.52. The van der Waals surface area contributed by atoms with Crippen LogP contribution in [0.2, 0.25) is 0 Å². The normalized spacial score (nSPS) is 10.2. The van der Waals surface area contributed by atoms with Crippen LogP contribution in [0.5, 0.6) is 0 Å². The van der Waals surface area contributed by atoms with E-state index < -0.39 is 0 Å². The van der Waals surface area contributed by atoms with Crippen molar-refractivity contribution in [3.05, 3.63) is 0 Å². The number of rotatable bonds is 9. The minimum Gasteiger partial charge on any atom is -0.347 e. The highest BCUT2D eigenvalue weighted by Gasteiger charge is 2.16. The molecule has 18 heavy (non-hydrogen) atoms. The molecule has 0 aliphatic heterocycles. The number of carbonyl (C=O) groups is 2. The molecule has 5 heteroatoms. The van der Waals surface area contributed by atoms with Crippen molar-refractivity contribution in [3.63, 3.8) is 0 Å². The SMILES string of the molecule is CCCN(CC(=O)N(C)C)C(=O)CCCCCN. The maximum Gasteiger partial charge on any atom is 0.241 e. The molecule has 0 aromatic rings. The largest absolute Gasteiger partial charge is 0.347 e. The summed E-state index contributed by atoms with van der Waals surface area (Å²) in [5.74, 6) is 0.0443. The lowest BCUT2D eigenvalue weighted by Gasteiger charge is -2.23. The molecule has 0 fully saturated rings. The molecule has 0 rings (SSSR count). The number of carbonyl (C=O) groups excluding carboxylic acids is 2. The summed E-state index contributed by atoms with van der Waals surface area (Å²) in [5.41, 5.74) is 5.41. The molecular formula is C13H27N3O2. The molecule has 2 N–H and O–H groups in total. The van der Waals surface area contributed by atoms with Crippen molar-refractivity contribution < 1.29 is 9.59 Å². The number of hydrogen-bond acceptors (Lipinski definition) is 3. The molecular weight excluding hydrogens is 230 g/mol. The van der Waals surface area contributed by atoms with E-state index in [0.717, 1.165) is 25.7 Å². The van der Waals surface area contributed by atoms with Gasteiger partial charge in [0.25, 0.3) is 0 Å². The number of amides is 2. The number of hydrogen-bond donors (Lipinski definition) is 1. The van der Waals surface area contributed by atoms with Crippen molar-refractivity contribution in [2.24, 2.45) is 5.73 Å². The Kier molecular flexibility index (Phi) is 9.28. The molecule has 0 atom stereocenters. The Hall–Kier alpha value is -1.10. The van der Waals surface area contributed by atoms with Crippen LogP contribution in [-0.4, -0.2) is 55.3 Å². The maximum atomic E-state index is 12.0. The Balaban J connectivity index is 4.14. The van der Waals surface area contributed by atoms with Crippen LogP contribution in [0.1, 0.15) is 39.0 Å². The molecule has 0 saturated carbocycles. The Bertz CT molecular complexity index is 255. The average molecular weight is 257 g/mol. The highest BCUT2D eigenvalue weighted by molar-refractivity contribution is 5.84. The van der Waals surface area contributed by atoms with Crippen LogP contribution in [0.4, 0.5) is 0 Å². The van der Waals surface area contributed by atoms with E-state index in [0.29, 0.717) is 19.5 Å². The van der Waals surface area contributed by atoms with Crippen molar-refractivity contribution in [2.75, 3.05) is 33.7 Å². The van der Waals surface area contributed by atoms with Crippen molar-refractivity contribution in [1.82, 2.24) is 9.80 Å². The first kappa shape index (κ1) is 16.9. The summed E-state index contributed by atoms with van der Waals surface area (Å²) in [5, 5.41) is 0. The molecule has 0 aliphatic rings. The highest BCUT2D eigenvalue weighted by Crippen LogP contribution is 2.04. The molecule has 0 bridgehead atoms. The quantitative estimate of drug-likeness (QED) is 0.622. The van der Waals surface area contributed by atoms with E-state index in [1.54, 1.807) is 19.0 Å². The average Bonchev–Trinajstić information content (AvgIpc) is 2.33. The molecule has 0 aromatic carbocycles. The van der Waals surface area contributed by atoms with Crippen LogP contribution in [-0.2, 0) is 9.59 Å². The summed E-state index contributed by atoms with van der Waals surface area (Å²) < 4.78 is 0. The van der Waals surface area contributed by atoms with E-state index in [1.165, 1.54) is 4.90 Å². The highest BCUT2D eigenvalue weighted by atomic mass is 16.2. The number of unbranched alkanes of at least 4 members (excludes halogenated alkanes) is 2. The van der Waals surface area contributed by atoms with Gasteiger partial charge in [0.2, 0.25) is 11.8 Å². The van der Waals surface area contributed by atoms with Crippen molar-refractivity contribution >= 4 is 11.8 Å². The Labute approximate surface area is 110 Å². The minimum atomic E-state index is -0.0289. The fourth-order valence-corrected chi connectivity index (χ4v) is 1.62. The van der Waals surface area contributed by atoms with E-state index in [4.69, 9.17) is 5.73 Å². The molecule has 0 unspecified atom stereocenters. The topological polar surface area (TPSA) is 66.6 Å². The van der Waals surface area contributed by atoms with Gasteiger partial charge < -0.3 is 15.5 Å². The van der Waals surface area contributed by atoms with Gasteiger partial charge in [-0.15, -0.1) is 0 Å². The van der Waals surface area contributed by atoms with Gasteiger partial charge in [-0.2, -0.15) is 0 Å². The molecule has 106 valence electrons. The summed E-state index contributed by atoms with van der Waals surface area (Å²) in [6, 6.07) is 0. The van der Waals surface area contributed by atoms with Gasteiger partial charge >= 0.3 is 0 Å². The van der Waals surface area contributed by atoms with E-state index in [2.05, 4.69) is 0 Å². The predicted octanol–water partition coefficient (Wildman–Crippen LogP) is 0.832. The third kappa shape index (κ3) is 7.27. The first-order valence-electron chi connectivity index (χ1n) is 6.70. The van der Waals surface area contributed by atoms with E-state index in [-0.39, 0.29) is 18.4 Å². The number of nitrogens with two attached hydrogens (primary N) is 1. The van der Waals surface area contributed by atoms with Gasteiger partial charge in [-0.25, -0.2) is 0 Å². The summed E-state index contributed by atoms with van der Waals surface area (Å²) in [4.78, 5) is 26.8. The lowest BCUT2D eigenvalue weighted by molar-refractivity contribution is -0.139. The van der Waals surface area contributed by atoms with Gasteiger partial charge in [-0.05, 0) is 25.8 Å². The van der Waals surface area contributed by atoms with Gasteiger partial charge in [0.1, 0.15) is 0 Å². The maximum absolute atomic E-state index is 12.0. The number of likely N-dealkylation sites (N-methyl/N-ethyl adjacent to an activating group) is 1. The van der Waals surface area contributed by atoms with E-state index in [9.17, 15) is 9.59 Å². The second-order valence-electron chi connectivity index (χ2n) is 4.70. The zero-order valence-electron chi connectivity index (χ0n) is 11.9. The second kappa shape index (κ2) is 9.88. The minimum absolute atomic E-state index is 0.0289. The van der Waals surface area contributed by atoms with Crippen molar-refractivity contribution in [3.8, 4) is 0 Å². The van der Waals surface area contributed by atoms with Crippen molar-refractivity contribution in [1.29, 1.82) is 0 Å². The molecule has 0 radical (unpaired) electrons. The third-order valence-corrected chi connectivity index (χ3v) is 2.77. The Morgan fingerprint density at radius 3 is 2.22 bits per heavy atom. The molecule has 0 heterocycles. The Morgan fingerprint density at radius 1 is 1.06 bits per heavy atom. The third-order valence-electron chi connectivity index (χ3n) is 2.77. The van der Waals surface area contributed by atoms with Gasteiger partial charge in [0, 0.05) is 27.1 Å². The lowest BCUT2D eigenvalue weighted by atomic mass is 10.1. The van der Waals surface area contributed by atoms with Gasteiger partial charge in [-0.1, -0.05) is 13.3 Å². The molecule has 0 aromatic heterocycles. The Morgan fingerprint density at radius 2 is 1.72 bits per heavy atom.